The van der Waals surface area contributed by atoms with Crippen LogP contribution in [0.5, 0.6) is 0 Å². The van der Waals surface area contributed by atoms with Crippen molar-refractivity contribution in [3.63, 3.8) is 0 Å². The third-order valence-electron chi connectivity index (χ3n) is 4.18. The van der Waals surface area contributed by atoms with Crippen LogP contribution >= 0.6 is 0 Å². The third-order valence-corrected chi connectivity index (χ3v) is 4.18. The second-order valence-corrected chi connectivity index (χ2v) is 6.64. The van der Waals surface area contributed by atoms with Crippen molar-refractivity contribution in [1.29, 1.82) is 0 Å². The molecule has 3 heteroatoms. The van der Waals surface area contributed by atoms with Crippen molar-refractivity contribution in [3.05, 3.63) is 35.4 Å². The molecule has 0 aromatic heterocycles. The van der Waals surface area contributed by atoms with Gasteiger partial charge in [0.15, 0.2) is 0 Å². The Labute approximate surface area is 122 Å². The van der Waals surface area contributed by atoms with E-state index in [1.807, 2.05) is 17.0 Å². The number of benzene rings is 1. The summed E-state index contributed by atoms with van der Waals surface area (Å²) in [6.07, 6.45) is 0.530. The molecule has 0 unspecified atom stereocenters. The van der Waals surface area contributed by atoms with Crippen molar-refractivity contribution >= 4 is 5.91 Å². The van der Waals surface area contributed by atoms with E-state index in [4.69, 9.17) is 0 Å². The first-order valence-corrected chi connectivity index (χ1v) is 7.45. The minimum Gasteiger partial charge on any atom is -0.340 e. The molecular formula is C17H26N2O. The summed E-state index contributed by atoms with van der Waals surface area (Å²) in [6, 6.07) is 8.15. The number of nitrogens with zero attached hydrogens (tertiary/aromatic N) is 2. The average Bonchev–Trinajstić information content (AvgIpc) is 2.40. The lowest BCUT2D eigenvalue weighted by atomic mass is 10.0. The molecule has 20 heavy (non-hydrogen) atoms. The Morgan fingerprint density at radius 3 is 2.25 bits per heavy atom. The zero-order valence-corrected chi connectivity index (χ0v) is 13.1. The number of amides is 1. The van der Waals surface area contributed by atoms with Gasteiger partial charge < -0.3 is 4.90 Å². The summed E-state index contributed by atoms with van der Waals surface area (Å²) in [5.74, 6) is 0.257. The van der Waals surface area contributed by atoms with E-state index < -0.39 is 0 Å². The molecule has 0 saturated carbocycles. The molecule has 1 heterocycles. The number of piperazine rings is 1. The lowest BCUT2D eigenvalue weighted by Crippen LogP contribution is -2.54. The maximum atomic E-state index is 12.4. The van der Waals surface area contributed by atoms with Gasteiger partial charge in [-0.05, 0) is 38.8 Å². The number of carbonyl (C=O) groups is 1. The Kier molecular flexibility index (Phi) is 4.48. The van der Waals surface area contributed by atoms with Gasteiger partial charge in [-0.3, -0.25) is 9.69 Å². The summed E-state index contributed by atoms with van der Waals surface area (Å²) in [6.45, 7) is 12.4. The van der Waals surface area contributed by atoms with Crippen LogP contribution in [-0.2, 0) is 11.2 Å². The molecule has 1 amide bonds. The van der Waals surface area contributed by atoms with Crippen LogP contribution in [0.3, 0.4) is 0 Å². The molecule has 0 spiro atoms. The van der Waals surface area contributed by atoms with Crippen molar-refractivity contribution in [1.82, 2.24) is 9.80 Å². The minimum absolute atomic E-state index is 0.200. The maximum Gasteiger partial charge on any atom is 0.227 e. The molecule has 1 saturated heterocycles. The predicted octanol–water partition coefficient (Wildman–Crippen LogP) is 2.48. The number of carbonyl (C=O) groups excluding carboxylic acids is 1. The highest BCUT2D eigenvalue weighted by Crippen LogP contribution is 2.17. The largest absolute Gasteiger partial charge is 0.340 e. The molecule has 1 aliphatic heterocycles. The fourth-order valence-corrected chi connectivity index (χ4v) is 2.71. The number of hydrogen-bond acceptors (Lipinski definition) is 2. The molecule has 0 aliphatic carbocycles. The monoisotopic (exact) mass is 274 g/mol. The Hall–Kier alpha value is -1.35. The zero-order valence-electron chi connectivity index (χ0n) is 13.1. The van der Waals surface area contributed by atoms with Crippen molar-refractivity contribution in [2.75, 3.05) is 26.2 Å². The molecule has 3 nitrogen and oxygen atoms in total. The van der Waals surface area contributed by atoms with E-state index in [2.05, 4.69) is 44.7 Å². The zero-order chi connectivity index (χ0) is 14.8. The van der Waals surface area contributed by atoms with Crippen LogP contribution < -0.4 is 0 Å². The van der Waals surface area contributed by atoms with Gasteiger partial charge in [0, 0.05) is 31.7 Å². The molecule has 0 atom stereocenters. The molecule has 0 bridgehead atoms. The second kappa shape index (κ2) is 5.96. The predicted molar refractivity (Wildman–Crippen MR) is 82.8 cm³/mol. The topological polar surface area (TPSA) is 23.6 Å². The number of hydrogen-bond donors (Lipinski definition) is 0. The van der Waals surface area contributed by atoms with Gasteiger partial charge in [-0.1, -0.05) is 24.3 Å². The Morgan fingerprint density at radius 1 is 1.10 bits per heavy atom. The molecule has 110 valence electrons. The quantitative estimate of drug-likeness (QED) is 0.827. The molecule has 1 aromatic rings. The third kappa shape index (κ3) is 3.60. The first-order valence-electron chi connectivity index (χ1n) is 7.45. The first kappa shape index (κ1) is 15.0. The van der Waals surface area contributed by atoms with Gasteiger partial charge in [0.25, 0.3) is 0 Å². The van der Waals surface area contributed by atoms with Crippen LogP contribution in [0.15, 0.2) is 24.3 Å². The fourth-order valence-electron chi connectivity index (χ4n) is 2.71. The van der Waals surface area contributed by atoms with E-state index in [9.17, 15) is 4.79 Å². The second-order valence-electron chi connectivity index (χ2n) is 6.64. The summed E-state index contributed by atoms with van der Waals surface area (Å²) in [4.78, 5) is 16.8. The average molecular weight is 274 g/mol. The summed E-state index contributed by atoms with van der Waals surface area (Å²) in [5.41, 5.74) is 2.55. The van der Waals surface area contributed by atoms with Gasteiger partial charge in [0.05, 0.1) is 6.42 Å². The normalized spacial score (nSPS) is 17.3. The first-order chi connectivity index (χ1) is 9.38. The summed E-state index contributed by atoms with van der Waals surface area (Å²) in [5, 5.41) is 0. The Balaban J connectivity index is 1.91. The van der Waals surface area contributed by atoms with Crippen LogP contribution in [0.25, 0.3) is 0 Å². The minimum atomic E-state index is 0.200. The molecule has 1 fully saturated rings. The highest BCUT2D eigenvalue weighted by Gasteiger charge is 2.27. The summed E-state index contributed by atoms with van der Waals surface area (Å²) < 4.78 is 0. The molecule has 2 rings (SSSR count). The van der Waals surface area contributed by atoms with Crippen molar-refractivity contribution in [2.24, 2.45) is 0 Å². The van der Waals surface area contributed by atoms with E-state index in [1.165, 1.54) is 5.56 Å². The highest BCUT2D eigenvalue weighted by molar-refractivity contribution is 5.79. The molecular weight excluding hydrogens is 248 g/mol. The Morgan fingerprint density at radius 2 is 1.70 bits per heavy atom. The van der Waals surface area contributed by atoms with Crippen LogP contribution in [0.2, 0.25) is 0 Å². The Bertz CT molecular complexity index is 468. The van der Waals surface area contributed by atoms with E-state index in [1.54, 1.807) is 0 Å². The number of aryl methyl sites for hydroxylation is 1. The van der Waals surface area contributed by atoms with Gasteiger partial charge in [-0.25, -0.2) is 0 Å². The van der Waals surface area contributed by atoms with Crippen molar-refractivity contribution in [3.8, 4) is 0 Å². The van der Waals surface area contributed by atoms with Crippen molar-refractivity contribution in [2.45, 2.75) is 39.7 Å². The van der Waals surface area contributed by atoms with Crippen molar-refractivity contribution < 1.29 is 4.79 Å². The highest BCUT2D eigenvalue weighted by atomic mass is 16.2. The standard InChI is InChI=1S/C17H26N2O/c1-14-7-5-6-8-15(14)13-16(20)18-9-11-19(12-10-18)17(2,3)4/h5-8H,9-13H2,1-4H3. The lowest BCUT2D eigenvalue weighted by Gasteiger charge is -2.42. The van der Waals surface area contributed by atoms with Gasteiger partial charge in [-0.2, -0.15) is 0 Å². The van der Waals surface area contributed by atoms with E-state index in [-0.39, 0.29) is 11.4 Å². The van der Waals surface area contributed by atoms with E-state index >= 15 is 0 Å². The number of rotatable bonds is 2. The molecule has 1 aliphatic rings. The molecule has 0 radical (unpaired) electrons. The van der Waals surface area contributed by atoms with Crippen LogP contribution in [0, 0.1) is 6.92 Å². The molecule has 0 N–H and O–H groups in total. The molecule has 1 aromatic carbocycles. The van der Waals surface area contributed by atoms with Crippen LogP contribution in [0.1, 0.15) is 31.9 Å². The van der Waals surface area contributed by atoms with E-state index in [0.29, 0.717) is 6.42 Å². The SMILES string of the molecule is Cc1ccccc1CC(=O)N1CCN(C(C)(C)C)CC1. The fraction of sp³-hybridized carbons (Fsp3) is 0.588. The van der Waals surface area contributed by atoms with Crippen LogP contribution in [0.4, 0.5) is 0 Å². The smallest absolute Gasteiger partial charge is 0.227 e. The van der Waals surface area contributed by atoms with Crippen LogP contribution in [-0.4, -0.2) is 47.4 Å². The summed E-state index contributed by atoms with van der Waals surface area (Å²) >= 11 is 0. The summed E-state index contributed by atoms with van der Waals surface area (Å²) in [7, 11) is 0. The lowest BCUT2D eigenvalue weighted by molar-refractivity contribution is -0.133. The van der Waals surface area contributed by atoms with Gasteiger partial charge in [-0.15, -0.1) is 0 Å². The van der Waals surface area contributed by atoms with E-state index in [0.717, 1.165) is 31.7 Å². The maximum absolute atomic E-state index is 12.4. The van der Waals surface area contributed by atoms with Gasteiger partial charge >= 0.3 is 0 Å². The van der Waals surface area contributed by atoms with Gasteiger partial charge in [0.1, 0.15) is 0 Å². The van der Waals surface area contributed by atoms with Gasteiger partial charge in [0.2, 0.25) is 5.91 Å².